The van der Waals surface area contributed by atoms with Gasteiger partial charge in [-0.25, -0.2) is 4.79 Å². The molecule has 1 aliphatic heterocycles. The molecule has 27 heavy (non-hydrogen) atoms. The number of nitrogens with one attached hydrogen (secondary N) is 1. The highest BCUT2D eigenvalue weighted by atomic mass is 32.1. The van der Waals surface area contributed by atoms with Crippen LogP contribution in [-0.4, -0.2) is 51.3 Å². The van der Waals surface area contributed by atoms with Crippen molar-refractivity contribution in [1.29, 1.82) is 0 Å². The predicted molar refractivity (Wildman–Crippen MR) is 106 cm³/mol. The number of thiophene rings is 1. The lowest BCUT2D eigenvalue weighted by molar-refractivity contribution is -0.124. The van der Waals surface area contributed by atoms with E-state index in [4.69, 9.17) is 9.47 Å². The summed E-state index contributed by atoms with van der Waals surface area (Å²) in [5.41, 5.74) is 2.06. The Hall–Kier alpha value is -2.38. The SMILES string of the molecule is CCCNC(=O)COC(=O)c1cc(-c2ccccc2)c(N2CCOCC2)s1. The maximum absolute atomic E-state index is 12.5. The molecule has 1 aromatic carbocycles. The van der Waals surface area contributed by atoms with Crippen LogP contribution in [0.1, 0.15) is 23.0 Å². The Morgan fingerprint density at radius 3 is 2.67 bits per heavy atom. The lowest BCUT2D eigenvalue weighted by atomic mass is 10.1. The molecule has 1 aromatic heterocycles. The van der Waals surface area contributed by atoms with Crippen LogP contribution in [0.3, 0.4) is 0 Å². The summed E-state index contributed by atoms with van der Waals surface area (Å²) in [5.74, 6) is -0.748. The molecule has 1 aliphatic rings. The zero-order valence-electron chi connectivity index (χ0n) is 15.4. The molecule has 2 heterocycles. The minimum absolute atomic E-state index is 0.260. The summed E-state index contributed by atoms with van der Waals surface area (Å²) in [7, 11) is 0. The van der Waals surface area contributed by atoms with Crippen LogP contribution in [-0.2, 0) is 14.3 Å². The first kappa shape index (κ1) is 19.4. The normalized spacial score (nSPS) is 14.0. The van der Waals surface area contributed by atoms with Crippen molar-refractivity contribution in [2.45, 2.75) is 13.3 Å². The van der Waals surface area contributed by atoms with Crippen molar-refractivity contribution in [2.75, 3.05) is 44.4 Å². The van der Waals surface area contributed by atoms with Gasteiger partial charge in [0.05, 0.1) is 18.2 Å². The summed E-state index contributed by atoms with van der Waals surface area (Å²) in [6, 6.07) is 11.8. The van der Waals surface area contributed by atoms with E-state index in [1.54, 1.807) is 0 Å². The van der Waals surface area contributed by atoms with E-state index in [0.29, 0.717) is 24.6 Å². The van der Waals surface area contributed by atoms with Crippen LogP contribution in [0.15, 0.2) is 36.4 Å². The van der Waals surface area contributed by atoms with Gasteiger partial charge in [-0.3, -0.25) is 4.79 Å². The lowest BCUT2D eigenvalue weighted by Crippen LogP contribution is -2.35. The average Bonchev–Trinajstić information content (AvgIpc) is 3.17. The molecule has 0 bridgehead atoms. The third-order valence-electron chi connectivity index (χ3n) is 4.20. The monoisotopic (exact) mass is 388 g/mol. The molecule has 0 aliphatic carbocycles. The number of carbonyl (C=O) groups excluding carboxylic acids is 2. The van der Waals surface area contributed by atoms with Gasteiger partial charge in [-0.05, 0) is 18.1 Å². The Labute approximate surface area is 163 Å². The number of hydrogen-bond donors (Lipinski definition) is 1. The second-order valence-corrected chi connectivity index (χ2v) is 7.25. The van der Waals surface area contributed by atoms with Crippen LogP contribution in [0.25, 0.3) is 11.1 Å². The molecule has 1 saturated heterocycles. The van der Waals surface area contributed by atoms with Gasteiger partial charge >= 0.3 is 5.97 Å². The first-order valence-electron chi connectivity index (χ1n) is 9.14. The van der Waals surface area contributed by atoms with Gasteiger partial charge in [-0.2, -0.15) is 0 Å². The molecule has 3 rings (SSSR count). The highest BCUT2D eigenvalue weighted by Crippen LogP contribution is 2.39. The van der Waals surface area contributed by atoms with Crippen LogP contribution in [0.2, 0.25) is 0 Å². The van der Waals surface area contributed by atoms with Crippen molar-refractivity contribution in [1.82, 2.24) is 5.32 Å². The maximum Gasteiger partial charge on any atom is 0.348 e. The van der Waals surface area contributed by atoms with Crippen molar-refractivity contribution < 1.29 is 19.1 Å². The van der Waals surface area contributed by atoms with E-state index in [1.165, 1.54) is 11.3 Å². The van der Waals surface area contributed by atoms with E-state index in [-0.39, 0.29) is 12.5 Å². The number of anilines is 1. The van der Waals surface area contributed by atoms with Crippen molar-refractivity contribution in [3.63, 3.8) is 0 Å². The third kappa shape index (κ3) is 5.08. The molecule has 0 saturated carbocycles. The smallest absolute Gasteiger partial charge is 0.348 e. The van der Waals surface area contributed by atoms with Crippen molar-refractivity contribution in [3.8, 4) is 11.1 Å². The molecule has 1 fully saturated rings. The molecule has 6 nitrogen and oxygen atoms in total. The van der Waals surface area contributed by atoms with E-state index < -0.39 is 5.97 Å². The predicted octanol–water partition coefficient (Wildman–Crippen LogP) is 2.93. The number of carbonyl (C=O) groups is 2. The van der Waals surface area contributed by atoms with Crippen LogP contribution >= 0.6 is 11.3 Å². The number of morpholine rings is 1. The van der Waals surface area contributed by atoms with E-state index in [1.807, 2.05) is 43.3 Å². The number of rotatable bonds is 7. The largest absolute Gasteiger partial charge is 0.451 e. The summed E-state index contributed by atoms with van der Waals surface area (Å²) in [6.07, 6.45) is 0.841. The Balaban J connectivity index is 1.78. The topological polar surface area (TPSA) is 67.9 Å². The second kappa shape index (κ2) is 9.53. The molecule has 144 valence electrons. The molecule has 0 radical (unpaired) electrons. The van der Waals surface area contributed by atoms with Crippen LogP contribution in [0.5, 0.6) is 0 Å². The van der Waals surface area contributed by atoms with Crippen molar-refractivity contribution in [2.24, 2.45) is 0 Å². The molecule has 0 unspecified atom stereocenters. The van der Waals surface area contributed by atoms with E-state index >= 15 is 0 Å². The fourth-order valence-electron chi connectivity index (χ4n) is 2.83. The van der Waals surface area contributed by atoms with Gasteiger partial charge in [0.25, 0.3) is 5.91 Å². The summed E-state index contributed by atoms with van der Waals surface area (Å²) in [6.45, 7) is 5.20. The number of benzene rings is 1. The van der Waals surface area contributed by atoms with Crippen LogP contribution in [0.4, 0.5) is 5.00 Å². The molecule has 2 aromatic rings. The van der Waals surface area contributed by atoms with Crippen molar-refractivity contribution in [3.05, 3.63) is 41.3 Å². The van der Waals surface area contributed by atoms with Gasteiger partial charge in [0.15, 0.2) is 6.61 Å². The second-order valence-electron chi connectivity index (χ2n) is 6.22. The Morgan fingerprint density at radius 2 is 1.96 bits per heavy atom. The van der Waals surface area contributed by atoms with Gasteiger partial charge in [-0.15, -0.1) is 11.3 Å². The highest BCUT2D eigenvalue weighted by molar-refractivity contribution is 7.18. The zero-order chi connectivity index (χ0) is 19.1. The molecule has 0 spiro atoms. The van der Waals surface area contributed by atoms with Crippen molar-refractivity contribution >= 4 is 28.2 Å². The molecule has 0 atom stereocenters. The first-order valence-corrected chi connectivity index (χ1v) is 9.96. The summed E-state index contributed by atoms with van der Waals surface area (Å²) >= 11 is 1.40. The minimum atomic E-state index is -0.469. The van der Waals surface area contributed by atoms with Gasteiger partial charge in [0.2, 0.25) is 0 Å². The van der Waals surface area contributed by atoms with Crippen LogP contribution < -0.4 is 10.2 Å². The Bertz CT molecular complexity index is 770. The van der Waals surface area contributed by atoms with Crippen LogP contribution in [0, 0.1) is 0 Å². The fraction of sp³-hybridized carbons (Fsp3) is 0.400. The third-order valence-corrected chi connectivity index (χ3v) is 5.38. The zero-order valence-corrected chi connectivity index (χ0v) is 16.2. The standard InChI is InChI=1S/C20H24N2O4S/c1-2-8-21-18(23)14-26-20(24)17-13-16(15-6-4-3-5-7-15)19(27-17)22-9-11-25-12-10-22/h3-7,13H,2,8-12,14H2,1H3,(H,21,23). The quantitative estimate of drug-likeness (QED) is 0.739. The number of hydrogen-bond acceptors (Lipinski definition) is 6. The summed E-state index contributed by atoms with van der Waals surface area (Å²) in [5, 5.41) is 3.73. The van der Waals surface area contributed by atoms with E-state index in [2.05, 4.69) is 10.2 Å². The maximum atomic E-state index is 12.5. The number of ether oxygens (including phenoxy) is 2. The Morgan fingerprint density at radius 1 is 1.22 bits per heavy atom. The summed E-state index contributed by atoms with van der Waals surface area (Å²) < 4.78 is 10.6. The average molecular weight is 388 g/mol. The molecule has 1 N–H and O–H groups in total. The number of amides is 1. The first-order chi connectivity index (χ1) is 13.2. The van der Waals surface area contributed by atoms with Gasteiger partial charge in [0, 0.05) is 25.2 Å². The number of esters is 1. The fourth-order valence-corrected chi connectivity index (χ4v) is 3.95. The number of nitrogens with zero attached hydrogens (tertiary/aromatic N) is 1. The van der Waals surface area contributed by atoms with Gasteiger partial charge < -0.3 is 19.7 Å². The molecule has 1 amide bonds. The summed E-state index contributed by atoms with van der Waals surface area (Å²) in [4.78, 5) is 26.9. The lowest BCUT2D eigenvalue weighted by Gasteiger charge is -2.28. The Kier molecular flexibility index (Phi) is 6.84. The molecule has 7 heteroatoms. The van der Waals surface area contributed by atoms with Gasteiger partial charge in [0.1, 0.15) is 4.88 Å². The van der Waals surface area contributed by atoms with E-state index in [9.17, 15) is 9.59 Å². The molecular weight excluding hydrogens is 364 g/mol. The highest BCUT2D eigenvalue weighted by Gasteiger charge is 2.22. The van der Waals surface area contributed by atoms with E-state index in [0.717, 1.165) is 35.6 Å². The molecular formula is C20H24N2O4S. The minimum Gasteiger partial charge on any atom is -0.451 e. The van der Waals surface area contributed by atoms with Gasteiger partial charge in [-0.1, -0.05) is 37.3 Å².